The highest BCUT2D eigenvalue weighted by Gasteiger charge is 2.30. The van der Waals surface area contributed by atoms with Crippen LogP contribution >= 0.6 is 0 Å². The SMILES string of the molecule is O=C(NC(CO)C(=O)NCC1CCCCC1)c1ccccc1Nc1cccc(C(F)(F)F)c1. The third-order valence-electron chi connectivity index (χ3n) is 5.73. The summed E-state index contributed by atoms with van der Waals surface area (Å²) in [4.78, 5) is 25.3. The van der Waals surface area contributed by atoms with Crippen LogP contribution in [0.2, 0.25) is 0 Å². The molecule has 3 rings (SSSR count). The van der Waals surface area contributed by atoms with E-state index in [2.05, 4.69) is 16.0 Å². The summed E-state index contributed by atoms with van der Waals surface area (Å²) in [7, 11) is 0. The van der Waals surface area contributed by atoms with E-state index in [-0.39, 0.29) is 16.9 Å². The third-order valence-corrected chi connectivity index (χ3v) is 5.73. The second-order valence-electron chi connectivity index (χ2n) is 8.21. The predicted octanol–water partition coefficient (Wildman–Crippen LogP) is 4.24. The summed E-state index contributed by atoms with van der Waals surface area (Å²) < 4.78 is 39.0. The number of alkyl halides is 3. The maximum Gasteiger partial charge on any atom is 0.416 e. The number of carbonyl (C=O) groups is 2. The normalized spacial score (nSPS) is 15.5. The average Bonchev–Trinajstić information content (AvgIpc) is 2.81. The minimum atomic E-state index is -4.49. The molecule has 2 aromatic carbocycles. The molecule has 0 radical (unpaired) electrons. The summed E-state index contributed by atoms with van der Waals surface area (Å²) in [6, 6.07) is 9.77. The monoisotopic (exact) mass is 463 g/mol. The molecule has 9 heteroatoms. The number of hydrogen-bond acceptors (Lipinski definition) is 4. The van der Waals surface area contributed by atoms with Gasteiger partial charge in [-0.15, -0.1) is 0 Å². The summed E-state index contributed by atoms with van der Waals surface area (Å²) in [6.45, 7) is -0.0790. The van der Waals surface area contributed by atoms with Crippen LogP contribution in [-0.4, -0.2) is 36.1 Å². The van der Waals surface area contributed by atoms with Crippen LogP contribution in [0.5, 0.6) is 0 Å². The Kier molecular flexibility index (Phi) is 8.32. The molecular weight excluding hydrogens is 435 g/mol. The molecule has 0 heterocycles. The van der Waals surface area contributed by atoms with Gasteiger partial charge in [0.05, 0.1) is 23.4 Å². The number of nitrogens with one attached hydrogen (secondary N) is 3. The molecule has 4 N–H and O–H groups in total. The van der Waals surface area contributed by atoms with Crippen molar-refractivity contribution in [3.8, 4) is 0 Å². The molecule has 2 amide bonds. The third kappa shape index (κ3) is 6.95. The van der Waals surface area contributed by atoms with Crippen LogP contribution in [0.4, 0.5) is 24.5 Å². The first-order valence-corrected chi connectivity index (χ1v) is 11.0. The highest BCUT2D eigenvalue weighted by molar-refractivity contribution is 6.02. The van der Waals surface area contributed by atoms with Crippen LogP contribution in [-0.2, 0) is 11.0 Å². The van der Waals surface area contributed by atoms with E-state index in [9.17, 15) is 27.9 Å². The Morgan fingerprint density at radius 3 is 2.45 bits per heavy atom. The molecule has 1 saturated carbocycles. The van der Waals surface area contributed by atoms with Crippen LogP contribution < -0.4 is 16.0 Å². The molecule has 0 aromatic heterocycles. The molecule has 1 fully saturated rings. The maximum absolute atomic E-state index is 13.0. The van der Waals surface area contributed by atoms with Gasteiger partial charge in [0.1, 0.15) is 6.04 Å². The first-order valence-electron chi connectivity index (χ1n) is 11.0. The van der Waals surface area contributed by atoms with E-state index < -0.39 is 36.2 Å². The highest BCUT2D eigenvalue weighted by Crippen LogP contribution is 2.32. The number of amides is 2. The van der Waals surface area contributed by atoms with Crippen LogP contribution in [0.15, 0.2) is 48.5 Å². The van der Waals surface area contributed by atoms with E-state index in [1.54, 1.807) is 18.2 Å². The summed E-state index contributed by atoms with van der Waals surface area (Å²) in [5, 5.41) is 17.8. The Hall–Kier alpha value is -3.07. The Morgan fingerprint density at radius 2 is 1.76 bits per heavy atom. The van der Waals surface area contributed by atoms with Crippen molar-refractivity contribution >= 4 is 23.2 Å². The second kappa shape index (κ2) is 11.2. The number of para-hydroxylation sites is 1. The summed E-state index contributed by atoms with van der Waals surface area (Å²) in [5.41, 5.74) is -0.250. The van der Waals surface area contributed by atoms with Crippen molar-refractivity contribution in [2.75, 3.05) is 18.5 Å². The lowest BCUT2D eigenvalue weighted by atomic mass is 9.89. The molecule has 0 saturated heterocycles. The fourth-order valence-corrected chi connectivity index (χ4v) is 3.91. The minimum Gasteiger partial charge on any atom is -0.394 e. The van der Waals surface area contributed by atoms with Gasteiger partial charge >= 0.3 is 6.18 Å². The molecule has 6 nitrogen and oxygen atoms in total. The van der Waals surface area contributed by atoms with Crippen molar-refractivity contribution in [2.24, 2.45) is 5.92 Å². The minimum absolute atomic E-state index is 0.133. The molecule has 178 valence electrons. The van der Waals surface area contributed by atoms with Gasteiger partial charge < -0.3 is 21.1 Å². The molecule has 0 aliphatic heterocycles. The zero-order valence-electron chi connectivity index (χ0n) is 18.1. The Labute approximate surface area is 190 Å². The van der Waals surface area contributed by atoms with Gasteiger partial charge in [-0.1, -0.05) is 37.5 Å². The van der Waals surface area contributed by atoms with E-state index in [0.29, 0.717) is 12.5 Å². The van der Waals surface area contributed by atoms with Crippen molar-refractivity contribution in [3.05, 3.63) is 59.7 Å². The van der Waals surface area contributed by atoms with Gasteiger partial charge in [-0.2, -0.15) is 13.2 Å². The first kappa shape index (κ1) is 24.6. The average molecular weight is 464 g/mol. The quantitative estimate of drug-likeness (QED) is 0.472. The number of anilines is 2. The molecule has 0 spiro atoms. The highest BCUT2D eigenvalue weighted by atomic mass is 19.4. The largest absolute Gasteiger partial charge is 0.416 e. The van der Waals surface area contributed by atoms with Crippen LogP contribution in [0.1, 0.15) is 48.0 Å². The molecule has 1 aliphatic rings. The zero-order valence-corrected chi connectivity index (χ0v) is 18.1. The van der Waals surface area contributed by atoms with Gasteiger partial charge in [0.2, 0.25) is 5.91 Å². The Morgan fingerprint density at radius 1 is 1.03 bits per heavy atom. The molecule has 33 heavy (non-hydrogen) atoms. The molecule has 1 aliphatic carbocycles. The number of halogens is 3. The van der Waals surface area contributed by atoms with Crippen molar-refractivity contribution in [1.82, 2.24) is 10.6 Å². The number of aliphatic hydroxyl groups is 1. The van der Waals surface area contributed by atoms with Gasteiger partial charge in [0.15, 0.2) is 0 Å². The van der Waals surface area contributed by atoms with Gasteiger partial charge in [0, 0.05) is 12.2 Å². The molecular formula is C24H28F3N3O3. The maximum atomic E-state index is 13.0. The number of aliphatic hydroxyl groups excluding tert-OH is 1. The summed E-state index contributed by atoms with van der Waals surface area (Å²) >= 11 is 0. The van der Waals surface area contributed by atoms with Crippen molar-refractivity contribution in [2.45, 2.75) is 44.3 Å². The van der Waals surface area contributed by atoms with E-state index >= 15 is 0 Å². The van der Waals surface area contributed by atoms with E-state index in [1.807, 2.05) is 0 Å². The van der Waals surface area contributed by atoms with E-state index in [1.165, 1.54) is 24.6 Å². The topological polar surface area (TPSA) is 90.5 Å². The fraction of sp³-hybridized carbons (Fsp3) is 0.417. The van der Waals surface area contributed by atoms with Crippen LogP contribution in [0, 0.1) is 5.92 Å². The van der Waals surface area contributed by atoms with E-state index in [0.717, 1.165) is 37.8 Å². The molecule has 2 aromatic rings. The van der Waals surface area contributed by atoms with Gasteiger partial charge in [-0.05, 0) is 49.1 Å². The zero-order chi connectivity index (χ0) is 23.8. The van der Waals surface area contributed by atoms with E-state index in [4.69, 9.17) is 0 Å². The number of carbonyl (C=O) groups excluding carboxylic acids is 2. The Bertz CT molecular complexity index is 959. The molecule has 1 unspecified atom stereocenters. The lowest BCUT2D eigenvalue weighted by molar-refractivity contribution is -0.137. The first-order chi connectivity index (χ1) is 15.8. The van der Waals surface area contributed by atoms with Crippen molar-refractivity contribution < 1.29 is 27.9 Å². The summed E-state index contributed by atoms with van der Waals surface area (Å²) in [5.74, 6) is -0.702. The molecule has 0 bridgehead atoms. The second-order valence-corrected chi connectivity index (χ2v) is 8.21. The summed E-state index contributed by atoms with van der Waals surface area (Å²) in [6.07, 6.45) is 1.07. The van der Waals surface area contributed by atoms with Crippen molar-refractivity contribution in [1.29, 1.82) is 0 Å². The van der Waals surface area contributed by atoms with Gasteiger partial charge in [0.25, 0.3) is 5.91 Å². The van der Waals surface area contributed by atoms with Gasteiger partial charge in [-0.3, -0.25) is 9.59 Å². The Balaban J connectivity index is 1.66. The van der Waals surface area contributed by atoms with Gasteiger partial charge in [-0.25, -0.2) is 0 Å². The number of rotatable bonds is 8. The lowest BCUT2D eigenvalue weighted by Crippen LogP contribution is -2.49. The smallest absolute Gasteiger partial charge is 0.394 e. The van der Waals surface area contributed by atoms with Crippen LogP contribution in [0.25, 0.3) is 0 Å². The predicted molar refractivity (Wildman–Crippen MR) is 119 cm³/mol. The standard InChI is InChI=1S/C24H28F3N3O3/c25-24(26,27)17-9-6-10-18(13-17)29-20-12-5-4-11-19(20)22(32)30-21(15-31)23(33)28-14-16-7-2-1-3-8-16/h4-6,9-13,16,21,29,31H,1-3,7-8,14-15H2,(H,28,33)(H,30,32). The fourth-order valence-electron chi connectivity index (χ4n) is 3.91. The molecule has 1 atom stereocenters. The lowest BCUT2D eigenvalue weighted by Gasteiger charge is -2.23. The number of benzene rings is 2. The van der Waals surface area contributed by atoms with Crippen LogP contribution in [0.3, 0.4) is 0 Å². The van der Waals surface area contributed by atoms with Crippen molar-refractivity contribution in [3.63, 3.8) is 0 Å². The number of hydrogen-bond donors (Lipinski definition) is 4.